The lowest BCUT2D eigenvalue weighted by atomic mass is 10.1. The molecule has 0 saturated carbocycles. The molecule has 0 atom stereocenters. The highest BCUT2D eigenvalue weighted by Crippen LogP contribution is 2.14. The van der Waals surface area contributed by atoms with Gasteiger partial charge in [-0.05, 0) is 32.8 Å². The molecule has 0 fully saturated rings. The molecule has 0 saturated heterocycles. The molecule has 0 spiro atoms. The molecule has 1 heterocycles. The van der Waals surface area contributed by atoms with E-state index in [1.54, 1.807) is 7.11 Å². The third kappa shape index (κ3) is 3.84. The fraction of sp³-hybridized carbons (Fsp3) is 0.692. The van der Waals surface area contributed by atoms with Gasteiger partial charge in [0.15, 0.2) is 0 Å². The van der Waals surface area contributed by atoms with Gasteiger partial charge in [0.2, 0.25) is 5.91 Å². The van der Waals surface area contributed by atoms with Crippen molar-refractivity contribution in [3.05, 3.63) is 17.0 Å². The zero-order valence-electron chi connectivity index (χ0n) is 11.7. The van der Waals surface area contributed by atoms with E-state index in [0.29, 0.717) is 19.6 Å². The van der Waals surface area contributed by atoms with E-state index >= 15 is 0 Å². The van der Waals surface area contributed by atoms with Crippen LogP contribution in [0.3, 0.4) is 0 Å². The number of aromatic nitrogens is 2. The molecule has 5 nitrogen and oxygen atoms in total. The number of carbonyl (C=O) groups is 1. The third-order valence-corrected chi connectivity index (χ3v) is 3.06. The summed E-state index contributed by atoms with van der Waals surface area (Å²) in [6.07, 6.45) is 1.25. The van der Waals surface area contributed by atoms with Crippen molar-refractivity contribution < 1.29 is 9.53 Å². The lowest BCUT2D eigenvalue weighted by molar-refractivity contribution is -0.121. The molecule has 0 aliphatic rings. The predicted octanol–water partition coefficient (Wildman–Crippen LogP) is 1.22. The number of nitrogens with one attached hydrogen (secondary N) is 1. The summed E-state index contributed by atoms with van der Waals surface area (Å²) in [5.41, 5.74) is 3.39. The van der Waals surface area contributed by atoms with E-state index in [0.717, 1.165) is 18.7 Å². The number of nitrogens with zero attached hydrogens (tertiary/aromatic N) is 2. The van der Waals surface area contributed by atoms with Crippen molar-refractivity contribution in [2.75, 3.05) is 20.3 Å². The minimum absolute atomic E-state index is 0.0649. The minimum Gasteiger partial charge on any atom is -0.383 e. The van der Waals surface area contributed by atoms with Crippen molar-refractivity contribution >= 4 is 5.91 Å². The monoisotopic (exact) mass is 253 g/mol. The van der Waals surface area contributed by atoms with Gasteiger partial charge in [-0.2, -0.15) is 5.10 Å². The van der Waals surface area contributed by atoms with E-state index in [-0.39, 0.29) is 5.91 Å². The number of ether oxygens (including phenoxy) is 1. The molecule has 102 valence electrons. The first-order valence-corrected chi connectivity index (χ1v) is 6.38. The van der Waals surface area contributed by atoms with E-state index in [1.807, 2.05) is 11.6 Å². The maximum atomic E-state index is 11.6. The van der Waals surface area contributed by atoms with E-state index in [1.165, 1.54) is 11.3 Å². The van der Waals surface area contributed by atoms with Crippen molar-refractivity contribution in [2.45, 2.75) is 40.2 Å². The fourth-order valence-corrected chi connectivity index (χ4v) is 2.02. The van der Waals surface area contributed by atoms with Crippen LogP contribution in [0.1, 0.15) is 30.3 Å². The predicted molar refractivity (Wildman–Crippen MR) is 70.6 cm³/mol. The number of hydrogen-bond donors (Lipinski definition) is 1. The van der Waals surface area contributed by atoms with Crippen molar-refractivity contribution in [3.8, 4) is 0 Å². The quantitative estimate of drug-likeness (QED) is 0.743. The molecule has 0 bridgehead atoms. The van der Waals surface area contributed by atoms with Crippen LogP contribution in [-0.2, 0) is 22.5 Å². The molecule has 1 aromatic heterocycles. The highest BCUT2D eigenvalue weighted by Gasteiger charge is 2.11. The Morgan fingerprint density at radius 3 is 2.72 bits per heavy atom. The zero-order valence-corrected chi connectivity index (χ0v) is 11.7. The molecule has 1 aromatic rings. The van der Waals surface area contributed by atoms with Gasteiger partial charge in [-0.3, -0.25) is 9.48 Å². The standard InChI is InChI=1S/C13H23N3O2/c1-5-16-11(3)12(10(2)15-16)6-7-13(17)14-8-9-18-4/h5-9H2,1-4H3,(H,14,17). The normalized spacial score (nSPS) is 10.7. The van der Waals surface area contributed by atoms with Crippen LogP contribution in [0, 0.1) is 13.8 Å². The highest BCUT2D eigenvalue weighted by molar-refractivity contribution is 5.76. The van der Waals surface area contributed by atoms with E-state index < -0.39 is 0 Å². The molecular formula is C13H23N3O2. The molecule has 5 heteroatoms. The number of methoxy groups -OCH3 is 1. The van der Waals surface area contributed by atoms with Gasteiger partial charge in [0.05, 0.1) is 12.3 Å². The Morgan fingerprint density at radius 1 is 1.44 bits per heavy atom. The molecule has 1 rings (SSSR count). The Labute approximate surface area is 109 Å². The number of rotatable bonds is 7. The van der Waals surface area contributed by atoms with Crippen molar-refractivity contribution in [3.63, 3.8) is 0 Å². The summed E-state index contributed by atoms with van der Waals surface area (Å²) in [5, 5.41) is 7.27. The first-order valence-electron chi connectivity index (χ1n) is 6.38. The van der Waals surface area contributed by atoms with Crippen LogP contribution in [-0.4, -0.2) is 35.9 Å². The molecule has 0 aliphatic heterocycles. The van der Waals surface area contributed by atoms with Gasteiger partial charge >= 0.3 is 0 Å². The smallest absolute Gasteiger partial charge is 0.220 e. The summed E-state index contributed by atoms with van der Waals surface area (Å²) in [6, 6.07) is 0. The van der Waals surface area contributed by atoms with Crippen molar-refractivity contribution in [1.29, 1.82) is 0 Å². The van der Waals surface area contributed by atoms with Crippen LogP contribution in [0.25, 0.3) is 0 Å². The Kier molecular flexibility index (Phi) is 5.85. The third-order valence-electron chi connectivity index (χ3n) is 3.06. The second-order valence-electron chi connectivity index (χ2n) is 4.31. The second-order valence-corrected chi connectivity index (χ2v) is 4.31. The van der Waals surface area contributed by atoms with E-state index in [2.05, 4.69) is 24.3 Å². The summed E-state index contributed by atoms with van der Waals surface area (Å²) in [4.78, 5) is 11.6. The summed E-state index contributed by atoms with van der Waals surface area (Å²) in [7, 11) is 1.62. The minimum atomic E-state index is 0.0649. The van der Waals surface area contributed by atoms with Crippen LogP contribution in [0.15, 0.2) is 0 Å². The highest BCUT2D eigenvalue weighted by atomic mass is 16.5. The summed E-state index contributed by atoms with van der Waals surface area (Å²) in [6.45, 7) is 8.12. The average Bonchev–Trinajstić information content (AvgIpc) is 2.62. The first kappa shape index (κ1) is 14.7. The summed E-state index contributed by atoms with van der Waals surface area (Å²) < 4.78 is 6.86. The van der Waals surface area contributed by atoms with Crippen molar-refractivity contribution in [1.82, 2.24) is 15.1 Å². The van der Waals surface area contributed by atoms with Gasteiger partial charge in [0.1, 0.15) is 0 Å². The number of carbonyl (C=O) groups excluding carboxylic acids is 1. The van der Waals surface area contributed by atoms with Gasteiger partial charge in [-0.15, -0.1) is 0 Å². The molecule has 0 aromatic carbocycles. The lowest BCUT2D eigenvalue weighted by Crippen LogP contribution is -2.27. The van der Waals surface area contributed by atoms with Gasteiger partial charge in [-0.1, -0.05) is 0 Å². The van der Waals surface area contributed by atoms with Crippen LogP contribution in [0.4, 0.5) is 0 Å². The van der Waals surface area contributed by atoms with Crippen LogP contribution < -0.4 is 5.32 Å². The SMILES string of the molecule is CCn1nc(C)c(CCC(=O)NCCOC)c1C. The summed E-state index contributed by atoms with van der Waals surface area (Å²) >= 11 is 0. The molecule has 0 radical (unpaired) electrons. The van der Waals surface area contributed by atoms with E-state index in [9.17, 15) is 4.79 Å². The molecule has 18 heavy (non-hydrogen) atoms. The Hall–Kier alpha value is -1.36. The van der Waals surface area contributed by atoms with E-state index in [4.69, 9.17) is 4.74 Å². The molecular weight excluding hydrogens is 230 g/mol. The zero-order chi connectivity index (χ0) is 13.5. The maximum Gasteiger partial charge on any atom is 0.220 e. The molecule has 1 amide bonds. The number of hydrogen-bond acceptors (Lipinski definition) is 3. The van der Waals surface area contributed by atoms with Crippen LogP contribution in [0.5, 0.6) is 0 Å². The average molecular weight is 253 g/mol. The molecule has 0 unspecified atom stereocenters. The topological polar surface area (TPSA) is 56.2 Å². The van der Waals surface area contributed by atoms with Crippen molar-refractivity contribution in [2.24, 2.45) is 0 Å². The van der Waals surface area contributed by atoms with Crippen LogP contribution in [0.2, 0.25) is 0 Å². The fourth-order valence-electron chi connectivity index (χ4n) is 2.02. The van der Waals surface area contributed by atoms with Gasteiger partial charge in [0, 0.05) is 32.3 Å². The number of aryl methyl sites for hydroxylation is 2. The Morgan fingerprint density at radius 2 is 2.17 bits per heavy atom. The molecule has 1 N–H and O–H groups in total. The molecule has 0 aliphatic carbocycles. The van der Waals surface area contributed by atoms with Crippen LogP contribution >= 0.6 is 0 Å². The second kappa shape index (κ2) is 7.16. The van der Waals surface area contributed by atoms with Gasteiger partial charge in [-0.25, -0.2) is 0 Å². The maximum absolute atomic E-state index is 11.6. The van der Waals surface area contributed by atoms with Gasteiger partial charge < -0.3 is 10.1 Å². The first-order chi connectivity index (χ1) is 8.60. The van der Waals surface area contributed by atoms with Gasteiger partial charge in [0.25, 0.3) is 0 Å². The largest absolute Gasteiger partial charge is 0.383 e. The lowest BCUT2D eigenvalue weighted by Gasteiger charge is -2.05. The summed E-state index contributed by atoms with van der Waals surface area (Å²) in [5.74, 6) is 0.0649. The number of amides is 1. The Bertz CT molecular complexity index is 399. The Balaban J connectivity index is 2.48.